The van der Waals surface area contributed by atoms with E-state index < -0.39 is 0 Å². The van der Waals surface area contributed by atoms with Crippen LogP contribution < -0.4 is 5.32 Å². The monoisotopic (exact) mass is 288 g/mol. The van der Waals surface area contributed by atoms with Gasteiger partial charge >= 0.3 is 0 Å². The van der Waals surface area contributed by atoms with Crippen molar-refractivity contribution in [3.63, 3.8) is 0 Å². The van der Waals surface area contributed by atoms with Crippen LogP contribution in [0.3, 0.4) is 0 Å². The van der Waals surface area contributed by atoms with E-state index in [4.69, 9.17) is 0 Å². The van der Waals surface area contributed by atoms with Gasteiger partial charge in [0.1, 0.15) is 0 Å². The van der Waals surface area contributed by atoms with Crippen molar-refractivity contribution in [2.24, 2.45) is 11.8 Å². The molecule has 1 amide bonds. The summed E-state index contributed by atoms with van der Waals surface area (Å²) in [5.41, 5.74) is 0. The van der Waals surface area contributed by atoms with Gasteiger partial charge in [0, 0.05) is 25.6 Å². The van der Waals surface area contributed by atoms with Gasteiger partial charge < -0.3 is 10.2 Å². The molecule has 0 aromatic rings. The Morgan fingerprint density at radius 2 is 1.95 bits per heavy atom. The molecular weight excluding hydrogens is 260 g/mol. The van der Waals surface area contributed by atoms with E-state index in [0.29, 0.717) is 11.9 Å². The molecule has 2 atom stereocenters. The van der Waals surface area contributed by atoms with Gasteiger partial charge in [0.2, 0.25) is 5.91 Å². The Morgan fingerprint density at radius 1 is 1.26 bits per heavy atom. The number of hydrogen-bond acceptors (Lipinski definition) is 2. The molecule has 2 unspecified atom stereocenters. The van der Waals surface area contributed by atoms with Crippen LogP contribution in [0.15, 0.2) is 0 Å². The number of rotatable bonds is 4. The fourth-order valence-electron chi connectivity index (χ4n) is 3.52. The maximum atomic E-state index is 12.4. The SMILES string of the molecule is CC(CC1CCCCC1)C(=O)N(C)C1CCNC1.Cl. The summed E-state index contributed by atoms with van der Waals surface area (Å²) >= 11 is 0. The number of nitrogens with one attached hydrogen (secondary N) is 1. The van der Waals surface area contributed by atoms with Crippen LogP contribution in [0.25, 0.3) is 0 Å². The van der Waals surface area contributed by atoms with Crippen molar-refractivity contribution in [3.05, 3.63) is 0 Å². The molecule has 2 rings (SSSR count). The normalized spacial score (nSPS) is 25.7. The zero-order chi connectivity index (χ0) is 13.0. The van der Waals surface area contributed by atoms with E-state index in [-0.39, 0.29) is 18.3 Å². The van der Waals surface area contributed by atoms with E-state index >= 15 is 0 Å². The van der Waals surface area contributed by atoms with E-state index in [0.717, 1.165) is 31.8 Å². The Bertz CT molecular complexity index is 273. The second-order valence-electron chi connectivity index (χ2n) is 6.24. The van der Waals surface area contributed by atoms with Crippen LogP contribution in [0.2, 0.25) is 0 Å². The van der Waals surface area contributed by atoms with Crippen molar-refractivity contribution in [1.82, 2.24) is 10.2 Å². The van der Waals surface area contributed by atoms with Crippen molar-refractivity contribution in [3.8, 4) is 0 Å². The predicted octanol–water partition coefficient (Wildman–Crippen LogP) is 2.84. The van der Waals surface area contributed by atoms with Gasteiger partial charge in [-0.3, -0.25) is 4.79 Å². The Hall–Kier alpha value is -0.280. The lowest BCUT2D eigenvalue weighted by Gasteiger charge is -2.29. The minimum absolute atomic E-state index is 0. The van der Waals surface area contributed by atoms with Gasteiger partial charge in [-0.2, -0.15) is 0 Å². The molecule has 1 N–H and O–H groups in total. The van der Waals surface area contributed by atoms with Gasteiger partial charge in [-0.1, -0.05) is 39.0 Å². The third-order valence-corrected chi connectivity index (χ3v) is 4.76. The third-order valence-electron chi connectivity index (χ3n) is 4.76. The molecule has 1 saturated heterocycles. The van der Waals surface area contributed by atoms with Gasteiger partial charge in [0.25, 0.3) is 0 Å². The highest BCUT2D eigenvalue weighted by molar-refractivity contribution is 5.85. The Kier molecular flexibility index (Phi) is 7.16. The average Bonchev–Trinajstić information content (AvgIpc) is 2.92. The number of carbonyl (C=O) groups excluding carboxylic acids is 1. The number of halogens is 1. The molecule has 3 nitrogen and oxygen atoms in total. The summed E-state index contributed by atoms with van der Waals surface area (Å²) in [5, 5.41) is 3.33. The van der Waals surface area contributed by atoms with E-state index in [2.05, 4.69) is 12.2 Å². The topological polar surface area (TPSA) is 32.3 Å². The molecular formula is C15H29ClN2O. The largest absolute Gasteiger partial charge is 0.341 e. The molecule has 4 heteroatoms. The van der Waals surface area contributed by atoms with Crippen LogP contribution >= 0.6 is 12.4 Å². The average molecular weight is 289 g/mol. The summed E-state index contributed by atoms with van der Waals surface area (Å²) in [6.45, 7) is 4.15. The Morgan fingerprint density at radius 3 is 2.53 bits per heavy atom. The quantitative estimate of drug-likeness (QED) is 0.863. The van der Waals surface area contributed by atoms with Crippen molar-refractivity contribution in [2.45, 2.75) is 57.9 Å². The highest BCUT2D eigenvalue weighted by Gasteiger charge is 2.28. The molecule has 0 aromatic heterocycles. The summed E-state index contributed by atoms with van der Waals surface area (Å²) in [6.07, 6.45) is 9.02. The zero-order valence-electron chi connectivity index (χ0n) is 12.4. The number of likely N-dealkylation sites (N-methyl/N-ethyl adjacent to an activating group) is 1. The molecule has 1 aliphatic carbocycles. The van der Waals surface area contributed by atoms with Gasteiger partial charge in [0.15, 0.2) is 0 Å². The van der Waals surface area contributed by atoms with E-state index in [1.807, 2.05) is 11.9 Å². The van der Waals surface area contributed by atoms with Crippen molar-refractivity contribution >= 4 is 18.3 Å². The van der Waals surface area contributed by atoms with Crippen molar-refractivity contribution in [1.29, 1.82) is 0 Å². The van der Waals surface area contributed by atoms with Gasteiger partial charge in [-0.25, -0.2) is 0 Å². The van der Waals surface area contributed by atoms with Crippen molar-refractivity contribution < 1.29 is 4.79 Å². The van der Waals surface area contributed by atoms with E-state index in [1.54, 1.807) is 0 Å². The first-order valence-electron chi connectivity index (χ1n) is 7.66. The molecule has 1 saturated carbocycles. The second-order valence-corrected chi connectivity index (χ2v) is 6.24. The van der Waals surface area contributed by atoms with Crippen LogP contribution in [0.1, 0.15) is 51.9 Å². The van der Waals surface area contributed by atoms with Crippen molar-refractivity contribution in [2.75, 3.05) is 20.1 Å². The van der Waals surface area contributed by atoms with Crippen LogP contribution in [-0.2, 0) is 4.79 Å². The first-order valence-corrected chi connectivity index (χ1v) is 7.66. The highest BCUT2D eigenvalue weighted by Crippen LogP contribution is 2.29. The molecule has 0 radical (unpaired) electrons. The lowest BCUT2D eigenvalue weighted by Crippen LogP contribution is -2.41. The van der Waals surface area contributed by atoms with Gasteiger partial charge in [-0.15, -0.1) is 12.4 Å². The summed E-state index contributed by atoms with van der Waals surface area (Å²) < 4.78 is 0. The predicted molar refractivity (Wildman–Crippen MR) is 81.6 cm³/mol. The minimum atomic E-state index is 0. The van der Waals surface area contributed by atoms with Gasteiger partial charge in [0.05, 0.1) is 0 Å². The van der Waals surface area contributed by atoms with Crippen LogP contribution in [0.4, 0.5) is 0 Å². The molecule has 0 bridgehead atoms. The standard InChI is InChI=1S/C15H28N2O.ClH/c1-12(10-13-6-4-3-5-7-13)15(18)17(2)14-8-9-16-11-14;/h12-14,16H,3-11H2,1-2H3;1H. The highest BCUT2D eigenvalue weighted by atomic mass is 35.5. The Balaban J connectivity index is 0.00000180. The fourth-order valence-corrected chi connectivity index (χ4v) is 3.52. The minimum Gasteiger partial charge on any atom is -0.341 e. The summed E-state index contributed by atoms with van der Waals surface area (Å²) in [7, 11) is 1.98. The molecule has 112 valence electrons. The molecule has 0 aromatic carbocycles. The second kappa shape index (κ2) is 8.11. The molecule has 0 spiro atoms. The van der Waals surface area contributed by atoms with Crippen LogP contribution in [0.5, 0.6) is 0 Å². The van der Waals surface area contributed by atoms with Gasteiger partial charge in [-0.05, 0) is 25.3 Å². The summed E-state index contributed by atoms with van der Waals surface area (Å²) in [4.78, 5) is 14.4. The maximum absolute atomic E-state index is 12.4. The Labute approximate surface area is 123 Å². The van der Waals surface area contributed by atoms with Crippen LogP contribution in [-0.4, -0.2) is 37.0 Å². The number of hydrogen-bond donors (Lipinski definition) is 1. The number of amides is 1. The lowest BCUT2D eigenvalue weighted by molar-refractivity contribution is -0.136. The zero-order valence-corrected chi connectivity index (χ0v) is 13.2. The van der Waals surface area contributed by atoms with Crippen LogP contribution in [0, 0.1) is 11.8 Å². The molecule has 2 aliphatic rings. The molecule has 2 fully saturated rings. The molecule has 19 heavy (non-hydrogen) atoms. The first kappa shape index (κ1) is 16.8. The summed E-state index contributed by atoms with van der Waals surface area (Å²) in [5.74, 6) is 1.36. The number of carbonyl (C=O) groups is 1. The molecule has 1 aliphatic heterocycles. The first-order chi connectivity index (χ1) is 8.68. The summed E-state index contributed by atoms with van der Waals surface area (Å²) in [6, 6.07) is 0.423. The molecule has 1 heterocycles. The van der Waals surface area contributed by atoms with E-state index in [9.17, 15) is 4.79 Å². The maximum Gasteiger partial charge on any atom is 0.225 e. The number of nitrogens with zero attached hydrogens (tertiary/aromatic N) is 1. The lowest BCUT2D eigenvalue weighted by atomic mass is 9.83. The fraction of sp³-hybridized carbons (Fsp3) is 0.933. The third kappa shape index (κ3) is 4.64. The smallest absolute Gasteiger partial charge is 0.225 e. The van der Waals surface area contributed by atoms with E-state index in [1.165, 1.54) is 32.1 Å².